The molecule has 0 unspecified atom stereocenters. The van der Waals surface area contributed by atoms with Gasteiger partial charge in [0.05, 0.1) is 11.0 Å². The van der Waals surface area contributed by atoms with Gasteiger partial charge in [0.2, 0.25) is 0 Å². The number of halogens is 1. The largest absolute Gasteiger partial charge is 0.393 e. The second-order valence-electron chi connectivity index (χ2n) is 6.19. The summed E-state index contributed by atoms with van der Waals surface area (Å²) in [6.45, 7) is 3.37. The van der Waals surface area contributed by atoms with Crippen molar-refractivity contribution in [2.75, 3.05) is 12.3 Å². The zero-order valence-corrected chi connectivity index (χ0v) is 14.5. The molecule has 2 heterocycles. The Hall–Kier alpha value is -2.65. The van der Waals surface area contributed by atoms with Crippen LogP contribution in [0.1, 0.15) is 41.7 Å². The normalized spacial score (nSPS) is 16.8. The van der Waals surface area contributed by atoms with Gasteiger partial charge in [0, 0.05) is 40.8 Å². The van der Waals surface area contributed by atoms with Gasteiger partial charge in [-0.2, -0.15) is 0 Å². The number of aliphatic hydroxyl groups is 1. The van der Waals surface area contributed by atoms with Gasteiger partial charge in [-0.1, -0.05) is 0 Å². The Bertz CT molecular complexity index is 859. The SMILES string of the molecule is Cc1nc(CO)nc(C)c1-c1cc([N+](=O)[O-])c(N)c([C@H]2CCCO2)c1F. The van der Waals surface area contributed by atoms with Gasteiger partial charge in [0.15, 0.2) is 5.82 Å². The Morgan fingerprint density at radius 3 is 2.58 bits per heavy atom. The van der Waals surface area contributed by atoms with Crippen LogP contribution in [0.2, 0.25) is 0 Å². The van der Waals surface area contributed by atoms with Gasteiger partial charge in [-0.3, -0.25) is 10.1 Å². The Kier molecular flexibility index (Phi) is 4.84. The number of aryl methyl sites for hydroxylation is 2. The van der Waals surface area contributed by atoms with Gasteiger partial charge in [-0.05, 0) is 26.7 Å². The fourth-order valence-electron chi connectivity index (χ4n) is 3.38. The smallest absolute Gasteiger partial charge is 0.293 e. The van der Waals surface area contributed by atoms with Crippen LogP contribution in [0.15, 0.2) is 6.07 Å². The third-order valence-corrected chi connectivity index (χ3v) is 4.50. The zero-order chi connectivity index (χ0) is 19.0. The van der Waals surface area contributed by atoms with E-state index in [0.29, 0.717) is 30.0 Å². The first-order valence-corrected chi connectivity index (χ1v) is 8.18. The predicted octanol–water partition coefficient (Wildman–Crippen LogP) is 2.73. The predicted molar refractivity (Wildman–Crippen MR) is 91.8 cm³/mol. The highest BCUT2D eigenvalue weighted by atomic mass is 19.1. The highest BCUT2D eigenvalue weighted by Gasteiger charge is 2.32. The zero-order valence-electron chi connectivity index (χ0n) is 14.5. The van der Waals surface area contributed by atoms with Crippen LogP contribution < -0.4 is 5.73 Å². The molecule has 1 aliphatic rings. The number of nitrogens with zero attached hydrogens (tertiary/aromatic N) is 3. The minimum absolute atomic E-state index is 0.0101. The van der Waals surface area contributed by atoms with Gasteiger partial charge >= 0.3 is 0 Å². The van der Waals surface area contributed by atoms with Crippen LogP contribution in [0, 0.1) is 29.8 Å². The number of aromatic nitrogens is 2. The molecule has 1 aromatic heterocycles. The Labute approximate surface area is 149 Å². The summed E-state index contributed by atoms with van der Waals surface area (Å²) in [6.07, 6.45) is 0.653. The summed E-state index contributed by atoms with van der Waals surface area (Å²) >= 11 is 0. The Morgan fingerprint density at radius 1 is 1.42 bits per heavy atom. The monoisotopic (exact) mass is 362 g/mol. The molecule has 1 atom stereocenters. The summed E-state index contributed by atoms with van der Waals surface area (Å²) in [7, 11) is 0. The van der Waals surface area contributed by atoms with E-state index in [1.54, 1.807) is 13.8 Å². The van der Waals surface area contributed by atoms with Crippen LogP contribution in [-0.2, 0) is 11.3 Å². The number of ether oxygens (including phenoxy) is 1. The molecule has 1 aromatic carbocycles. The fourth-order valence-corrected chi connectivity index (χ4v) is 3.38. The third-order valence-electron chi connectivity index (χ3n) is 4.50. The van der Waals surface area contributed by atoms with Gasteiger partial charge in [0.25, 0.3) is 5.69 Å². The molecule has 2 aromatic rings. The summed E-state index contributed by atoms with van der Waals surface area (Å²) in [5.74, 6) is -0.458. The number of benzene rings is 1. The third kappa shape index (κ3) is 2.99. The van der Waals surface area contributed by atoms with Crippen LogP contribution in [0.5, 0.6) is 0 Å². The molecular weight excluding hydrogens is 343 g/mol. The van der Waals surface area contributed by atoms with Crippen molar-refractivity contribution in [2.45, 2.75) is 39.4 Å². The van der Waals surface area contributed by atoms with E-state index in [1.165, 1.54) is 0 Å². The summed E-state index contributed by atoms with van der Waals surface area (Å²) in [5.41, 5.74) is 6.51. The van der Waals surface area contributed by atoms with Gasteiger partial charge < -0.3 is 15.6 Å². The minimum Gasteiger partial charge on any atom is -0.393 e. The van der Waals surface area contributed by atoms with Crippen LogP contribution in [0.4, 0.5) is 15.8 Å². The van der Waals surface area contributed by atoms with Gasteiger partial charge in [-0.25, -0.2) is 14.4 Å². The lowest BCUT2D eigenvalue weighted by atomic mass is 9.94. The minimum atomic E-state index is -0.661. The number of hydrogen-bond donors (Lipinski definition) is 2. The highest BCUT2D eigenvalue weighted by Crippen LogP contribution is 2.43. The number of rotatable bonds is 4. The molecule has 0 amide bonds. The molecule has 3 rings (SSSR count). The number of nitrogens with two attached hydrogens (primary N) is 1. The van der Waals surface area contributed by atoms with Crippen LogP contribution >= 0.6 is 0 Å². The van der Waals surface area contributed by atoms with E-state index in [0.717, 1.165) is 12.5 Å². The molecule has 0 saturated carbocycles. The van der Waals surface area contributed by atoms with Crippen molar-refractivity contribution < 1.29 is 19.2 Å². The van der Waals surface area contributed by atoms with E-state index in [9.17, 15) is 15.2 Å². The van der Waals surface area contributed by atoms with Crippen molar-refractivity contribution in [1.29, 1.82) is 0 Å². The maximum atomic E-state index is 15.4. The summed E-state index contributed by atoms with van der Waals surface area (Å²) in [4.78, 5) is 19.1. The number of hydrogen-bond acceptors (Lipinski definition) is 7. The number of aliphatic hydroxyl groups excluding tert-OH is 1. The second kappa shape index (κ2) is 6.93. The van der Waals surface area contributed by atoms with E-state index in [-0.39, 0.29) is 34.9 Å². The summed E-state index contributed by atoms with van der Waals surface area (Å²) in [6, 6.07) is 1.11. The number of nitro benzene ring substituents is 1. The quantitative estimate of drug-likeness (QED) is 0.487. The number of anilines is 1. The molecule has 1 aliphatic heterocycles. The van der Waals surface area contributed by atoms with Crippen LogP contribution in [0.25, 0.3) is 11.1 Å². The average Bonchev–Trinajstić information content (AvgIpc) is 3.09. The lowest BCUT2D eigenvalue weighted by Gasteiger charge is -2.18. The molecule has 1 fully saturated rings. The Balaban J connectivity index is 2.30. The van der Waals surface area contributed by atoms with Crippen molar-refractivity contribution in [2.24, 2.45) is 0 Å². The van der Waals surface area contributed by atoms with Gasteiger partial charge in [-0.15, -0.1) is 0 Å². The first-order chi connectivity index (χ1) is 12.3. The van der Waals surface area contributed by atoms with Gasteiger partial charge in [0.1, 0.15) is 18.1 Å². The van der Waals surface area contributed by atoms with Crippen molar-refractivity contribution in [1.82, 2.24) is 9.97 Å². The van der Waals surface area contributed by atoms with Crippen molar-refractivity contribution in [3.05, 3.63) is 44.8 Å². The molecule has 9 heteroatoms. The molecule has 0 aliphatic carbocycles. The van der Waals surface area contributed by atoms with Crippen molar-refractivity contribution in [3.63, 3.8) is 0 Å². The molecule has 26 heavy (non-hydrogen) atoms. The van der Waals surface area contributed by atoms with Crippen molar-refractivity contribution in [3.8, 4) is 11.1 Å². The van der Waals surface area contributed by atoms with E-state index in [1.807, 2.05) is 0 Å². The first-order valence-electron chi connectivity index (χ1n) is 8.18. The summed E-state index contributed by atoms with van der Waals surface area (Å²) in [5, 5.41) is 20.7. The van der Waals surface area contributed by atoms with E-state index in [4.69, 9.17) is 10.5 Å². The topological polar surface area (TPSA) is 124 Å². The second-order valence-corrected chi connectivity index (χ2v) is 6.19. The molecule has 0 spiro atoms. The molecule has 8 nitrogen and oxygen atoms in total. The molecule has 1 saturated heterocycles. The van der Waals surface area contributed by atoms with E-state index < -0.39 is 16.8 Å². The highest BCUT2D eigenvalue weighted by molar-refractivity contribution is 5.78. The standard InChI is InChI=1S/C17H19FN4O4/c1-8-14(9(2)21-13(7-23)20-8)10-6-11(22(24)25)17(19)15(16(10)18)12-4-3-5-26-12/h6,12,23H,3-5,7,19H2,1-2H3/t12-/m1/s1. The fraction of sp³-hybridized carbons (Fsp3) is 0.412. The first kappa shape index (κ1) is 18.2. The summed E-state index contributed by atoms with van der Waals surface area (Å²) < 4.78 is 20.9. The maximum Gasteiger partial charge on any atom is 0.293 e. The molecule has 138 valence electrons. The van der Waals surface area contributed by atoms with E-state index in [2.05, 4.69) is 9.97 Å². The molecule has 0 radical (unpaired) electrons. The van der Waals surface area contributed by atoms with Crippen molar-refractivity contribution >= 4 is 11.4 Å². The molecular formula is C17H19FN4O4. The van der Waals surface area contributed by atoms with E-state index >= 15 is 4.39 Å². The molecule has 3 N–H and O–H groups in total. The lowest BCUT2D eigenvalue weighted by Crippen LogP contribution is -2.11. The average molecular weight is 362 g/mol. The maximum absolute atomic E-state index is 15.4. The number of nitrogen functional groups attached to an aromatic ring is 1. The number of nitro groups is 1. The lowest BCUT2D eigenvalue weighted by molar-refractivity contribution is -0.384. The molecule has 0 bridgehead atoms. The van der Waals surface area contributed by atoms with Crippen LogP contribution in [-0.4, -0.2) is 26.6 Å². The Morgan fingerprint density at radius 2 is 2.08 bits per heavy atom. The van der Waals surface area contributed by atoms with Crippen LogP contribution in [0.3, 0.4) is 0 Å².